The maximum absolute atomic E-state index is 13.0. The summed E-state index contributed by atoms with van der Waals surface area (Å²) in [5.41, 5.74) is -1.32. The standard InChI is InChI=1S/C11H7ClF4O2/c12-10(9(17)18)4-7(10)5-1-2-8(13)6(3-5)11(14,15)16/h1-3,7H,4H2,(H,17,18). The van der Waals surface area contributed by atoms with Gasteiger partial charge in [-0.25, -0.2) is 4.39 Å². The van der Waals surface area contributed by atoms with Crippen LogP contribution in [0.2, 0.25) is 0 Å². The highest BCUT2D eigenvalue weighted by Crippen LogP contribution is 2.57. The summed E-state index contributed by atoms with van der Waals surface area (Å²) in [4.78, 5) is 9.22. The molecule has 18 heavy (non-hydrogen) atoms. The first-order valence-corrected chi connectivity index (χ1v) is 5.33. The Labute approximate surface area is 104 Å². The molecule has 0 aromatic heterocycles. The third-order valence-corrected chi connectivity index (χ3v) is 3.53. The first-order chi connectivity index (χ1) is 8.16. The Kier molecular flexibility index (Phi) is 2.81. The van der Waals surface area contributed by atoms with Gasteiger partial charge in [0.15, 0.2) is 0 Å². The van der Waals surface area contributed by atoms with Gasteiger partial charge in [-0.05, 0) is 24.1 Å². The van der Waals surface area contributed by atoms with Crippen LogP contribution in [0.25, 0.3) is 0 Å². The van der Waals surface area contributed by atoms with Crippen molar-refractivity contribution in [2.45, 2.75) is 23.4 Å². The Hall–Kier alpha value is -1.30. The molecule has 0 spiro atoms. The van der Waals surface area contributed by atoms with Crippen molar-refractivity contribution in [3.63, 3.8) is 0 Å². The molecule has 1 fully saturated rings. The van der Waals surface area contributed by atoms with E-state index < -0.39 is 34.3 Å². The first-order valence-electron chi connectivity index (χ1n) is 4.95. The second-order valence-electron chi connectivity index (χ2n) is 4.16. The molecular formula is C11H7ClF4O2. The molecule has 2 atom stereocenters. The molecule has 0 radical (unpaired) electrons. The van der Waals surface area contributed by atoms with E-state index in [1.54, 1.807) is 0 Å². The van der Waals surface area contributed by atoms with Crippen molar-refractivity contribution in [1.82, 2.24) is 0 Å². The van der Waals surface area contributed by atoms with Crippen LogP contribution >= 0.6 is 11.6 Å². The highest BCUT2D eigenvalue weighted by Gasteiger charge is 2.60. The van der Waals surface area contributed by atoms with Gasteiger partial charge in [0.1, 0.15) is 10.7 Å². The largest absolute Gasteiger partial charge is 0.480 e. The zero-order valence-corrected chi connectivity index (χ0v) is 9.52. The topological polar surface area (TPSA) is 37.3 Å². The highest BCUT2D eigenvalue weighted by molar-refractivity contribution is 6.37. The van der Waals surface area contributed by atoms with E-state index in [0.29, 0.717) is 12.1 Å². The molecule has 98 valence electrons. The molecule has 1 aliphatic rings. The minimum absolute atomic E-state index is 0.0345. The molecule has 2 unspecified atom stereocenters. The van der Waals surface area contributed by atoms with Gasteiger partial charge in [0.25, 0.3) is 0 Å². The van der Waals surface area contributed by atoms with Crippen molar-refractivity contribution in [2.75, 3.05) is 0 Å². The second-order valence-corrected chi connectivity index (χ2v) is 4.84. The van der Waals surface area contributed by atoms with Crippen LogP contribution < -0.4 is 0 Å². The number of halogens is 5. The lowest BCUT2D eigenvalue weighted by Crippen LogP contribution is -2.17. The fraction of sp³-hybridized carbons (Fsp3) is 0.364. The Morgan fingerprint density at radius 1 is 1.44 bits per heavy atom. The molecule has 2 rings (SSSR count). The van der Waals surface area contributed by atoms with E-state index in [2.05, 4.69) is 0 Å². The number of hydrogen-bond donors (Lipinski definition) is 1. The van der Waals surface area contributed by atoms with E-state index in [0.717, 1.165) is 6.07 Å². The fourth-order valence-corrected chi connectivity index (χ4v) is 2.11. The quantitative estimate of drug-likeness (QED) is 0.667. The van der Waals surface area contributed by atoms with Gasteiger partial charge in [-0.2, -0.15) is 13.2 Å². The van der Waals surface area contributed by atoms with Crippen molar-refractivity contribution in [3.8, 4) is 0 Å². The summed E-state index contributed by atoms with van der Waals surface area (Å²) in [6.45, 7) is 0. The zero-order chi connectivity index (χ0) is 13.7. The van der Waals surface area contributed by atoms with Crippen molar-refractivity contribution < 1.29 is 27.5 Å². The smallest absolute Gasteiger partial charge is 0.419 e. The first kappa shape index (κ1) is 13.1. The van der Waals surface area contributed by atoms with Crippen LogP contribution in [-0.2, 0) is 11.0 Å². The number of carboxylic acid groups (broad SMARTS) is 1. The number of carboxylic acids is 1. The molecule has 1 aliphatic carbocycles. The Bertz CT molecular complexity index is 514. The number of carbonyl (C=O) groups is 1. The van der Waals surface area contributed by atoms with Gasteiger partial charge >= 0.3 is 12.1 Å². The van der Waals surface area contributed by atoms with Crippen LogP contribution in [0.5, 0.6) is 0 Å². The molecule has 1 N–H and O–H groups in total. The van der Waals surface area contributed by atoms with Crippen LogP contribution in [-0.4, -0.2) is 16.0 Å². The summed E-state index contributed by atoms with van der Waals surface area (Å²) >= 11 is 5.71. The third kappa shape index (κ3) is 2.05. The normalized spacial score (nSPS) is 27.1. The summed E-state index contributed by atoms with van der Waals surface area (Å²) < 4.78 is 50.5. The maximum Gasteiger partial charge on any atom is 0.419 e. The molecule has 0 heterocycles. The third-order valence-electron chi connectivity index (χ3n) is 2.95. The van der Waals surface area contributed by atoms with Gasteiger partial charge in [0, 0.05) is 5.92 Å². The molecule has 0 amide bonds. The van der Waals surface area contributed by atoms with Crippen LogP contribution in [0.1, 0.15) is 23.5 Å². The van der Waals surface area contributed by atoms with E-state index in [1.165, 1.54) is 0 Å². The Morgan fingerprint density at radius 2 is 2.06 bits per heavy atom. The lowest BCUT2D eigenvalue weighted by atomic mass is 10.0. The minimum Gasteiger partial charge on any atom is -0.480 e. The van der Waals surface area contributed by atoms with Crippen molar-refractivity contribution in [1.29, 1.82) is 0 Å². The van der Waals surface area contributed by atoms with Crippen molar-refractivity contribution in [2.24, 2.45) is 0 Å². The maximum atomic E-state index is 13.0. The zero-order valence-electron chi connectivity index (χ0n) is 8.76. The summed E-state index contributed by atoms with van der Waals surface area (Å²) in [5, 5.41) is 8.80. The average molecular weight is 283 g/mol. The molecular weight excluding hydrogens is 276 g/mol. The van der Waals surface area contributed by atoms with Crippen LogP contribution in [0.15, 0.2) is 18.2 Å². The molecule has 1 aromatic carbocycles. The van der Waals surface area contributed by atoms with E-state index in [-0.39, 0.29) is 12.0 Å². The predicted octanol–water partition coefficient (Wildman–Crippen LogP) is 3.39. The number of benzene rings is 1. The molecule has 1 saturated carbocycles. The fourth-order valence-electron chi connectivity index (χ4n) is 1.83. The summed E-state index contributed by atoms with van der Waals surface area (Å²) in [6, 6.07) is 2.42. The second kappa shape index (κ2) is 3.85. The number of rotatable bonds is 2. The lowest BCUT2D eigenvalue weighted by Gasteiger charge is -2.10. The van der Waals surface area contributed by atoms with E-state index in [9.17, 15) is 22.4 Å². The summed E-state index contributed by atoms with van der Waals surface area (Å²) in [6.07, 6.45) is -4.78. The average Bonchev–Trinajstić information content (AvgIpc) is 2.91. The molecule has 0 aliphatic heterocycles. The van der Waals surface area contributed by atoms with Crippen LogP contribution in [0.3, 0.4) is 0 Å². The van der Waals surface area contributed by atoms with Gasteiger partial charge < -0.3 is 5.11 Å². The van der Waals surface area contributed by atoms with Crippen LogP contribution in [0.4, 0.5) is 17.6 Å². The summed E-state index contributed by atoms with van der Waals surface area (Å²) in [5.74, 6) is -3.40. The number of alkyl halides is 4. The van der Waals surface area contributed by atoms with Crippen LogP contribution in [0, 0.1) is 5.82 Å². The van der Waals surface area contributed by atoms with Gasteiger partial charge in [-0.15, -0.1) is 11.6 Å². The lowest BCUT2D eigenvalue weighted by molar-refractivity contribution is -0.140. The van der Waals surface area contributed by atoms with Gasteiger partial charge in [0.2, 0.25) is 0 Å². The molecule has 2 nitrogen and oxygen atoms in total. The number of aliphatic carboxylic acids is 1. The monoisotopic (exact) mass is 282 g/mol. The van der Waals surface area contributed by atoms with Crippen molar-refractivity contribution >= 4 is 17.6 Å². The van der Waals surface area contributed by atoms with E-state index >= 15 is 0 Å². The minimum atomic E-state index is -4.81. The molecule has 1 aromatic rings. The van der Waals surface area contributed by atoms with E-state index in [4.69, 9.17) is 16.7 Å². The Balaban J connectivity index is 2.36. The molecule has 7 heteroatoms. The summed E-state index contributed by atoms with van der Waals surface area (Å²) in [7, 11) is 0. The predicted molar refractivity (Wildman–Crippen MR) is 55.0 cm³/mol. The molecule has 0 bridgehead atoms. The van der Waals surface area contributed by atoms with Gasteiger partial charge in [0.05, 0.1) is 5.56 Å². The highest BCUT2D eigenvalue weighted by atomic mass is 35.5. The number of hydrogen-bond acceptors (Lipinski definition) is 1. The van der Waals surface area contributed by atoms with Gasteiger partial charge in [-0.1, -0.05) is 6.07 Å². The van der Waals surface area contributed by atoms with E-state index in [1.807, 2.05) is 0 Å². The Morgan fingerprint density at radius 3 is 2.50 bits per heavy atom. The molecule has 0 saturated heterocycles. The SMILES string of the molecule is O=C(O)C1(Cl)CC1c1ccc(F)c(C(F)(F)F)c1. The van der Waals surface area contributed by atoms with Crippen molar-refractivity contribution in [3.05, 3.63) is 35.1 Å². The van der Waals surface area contributed by atoms with Gasteiger partial charge in [-0.3, -0.25) is 4.79 Å².